The van der Waals surface area contributed by atoms with Crippen LogP contribution in [0.25, 0.3) is 0 Å². The summed E-state index contributed by atoms with van der Waals surface area (Å²) in [5, 5.41) is 0. The molecule has 0 aromatic rings. The summed E-state index contributed by atoms with van der Waals surface area (Å²) in [6.07, 6.45) is 5.04. The zero-order valence-corrected chi connectivity index (χ0v) is 5.55. The fraction of sp³-hybridized carbons (Fsp3) is 0.250. The van der Waals surface area contributed by atoms with E-state index in [-0.39, 0.29) is 6.10 Å². The first-order valence-electron chi connectivity index (χ1n) is 2.82. The highest BCUT2D eigenvalue weighted by atomic mass is 16.5. The maximum Gasteiger partial charge on any atom is 0.0936 e. The molecule has 0 aliphatic carbocycles. The molecule has 0 amide bonds. The van der Waals surface area contributed by atoms with Gasteiger partial charge in [0.2, 0.25) is 0 Å². The molecule has 0 heterocycles. The Hall–Kier alpha value is -0.820. The summed E-state index contributed by atoms with van der Waals surface area (Å²) in [6, 6.07) is 0. The van der Waals surface area contributed by atoms with Crippen LogP contribution in [0.3, 0.4) is 0 Å². The van der Waals surface area contributed by atoms with Gasteiger partial charge in [0.05, 0.1) is 12.7 Å². The Morgan fingerprint density at radius 3 is 2.11 bits per heavy atom. The molecule has 0 saturated heterocycles. The molecule has 1 nitrogen and oxygen atoms in total. The van der Waals surface area contributed by atoms with Crippen LogP contribution >= 0.6 is 0 Å². The SMILES string of the molecule is C=CCOC(C=C)C=C. The van der Waals surface area contributed by atoms with Gasteiger partial charge < -0.3 is 4.74 Å². The summed E-state index contributed by atoms with van der Waals surface area (Å²) >= 11 is 0. The van der Waals surface area contributed by atoms with Crippen molar-refractivity contribution in [3.05, 3.63) is 38.0 Å². The molecule has 0 aromatic heterocycles. The average Bonchev–Trinajstić information content (AvgIpc) is 1.91. The van der Waals surface area contributed by atoms with Gasteiger partial charge in [0.15, 0.2) is 0 Å². The van der Waals surface area contributed by atoms with E-state index >= 15 is 0 Å². The molecule has 0 bridgehead atoms. The molecule has 0 rings (SSSR count). The summed E-state index contributed by atoms with van der Waals surface area (Å²) < 4.78 is 5.14. The lowest BCUT2D eigenvalue weighted by Crippen LogP contribution is -2.04. The highest BCUT2D eigenvalue weighted by Gasteiger charge is 1.92. The van der Waals surface area contributed by atoms with Crippen molar-refractivity contribution in [2.75, 3.05) is 6.61 Å². The standard InChI is InChI=1S/C8H12O/c1-4-7-9-8(5-2)6-3/h4-6,8H,1-3,7H2. The van der Waals surface area contributed by atoms with Crippen molar-refractivity contribution in [1.82, 2.24) is 0 Å². The molecule has 0 unspecified atom stereocenters. The van der Waals surface area contributed by atoms with Crippen LogP contribution in [0.1, 0.15) is 0 Å². The molecule has 0 aliphatic heterocycles. The molecule has 0 fully saturated rings. The Balaban J connectivity index is 3.41. The lowest BCUT2D eigenvalue weighted by molar-refractivity contribution is 0.143. The number of hydrogen-bond donors (Lipinski definition) is 0. The van der Waals surface area contributed by atoms with Crippen molar-refractivity contribution in [2.24, 2.45) is 0 Å². The van der Waals surface area contributed by atoms with E-state index in [1.54, 1.807) is 18.2 Å². The van der Waals surface area contributed by atoms with Crippen molar-refractivity contribution in [2.45, 2.75) is 6.10 Å². The summed E-state index contributed by atoms with van der Waals surface area (Å²) in [5.74, 6) is 0. The van der Waals surface area contributed by atoms with E-state index in [4.69, 9.17) is 4.74 Å². The van der Waals surface area contributed by atoms with Gasteiger partial charge in [-0.15, -0.1) is 19.7 Å². The third kappa shape index (κ3) is 3.74. The monoisotopic (exact) mass is 124 g/mol. The second-order valence-corrected chi connectivity index (χ2v) is 1.56. The Bertz CT molecular complexity index is 97.1. The summed E-state index contributed by atoms with van der Waals surface area (Å²) in [6.45, 7) is 11.2. The number of ether oxygens (including phenoxy) is 1. The van der Waals surface area contributed by atoms with Gasteiger partial charge in [-0.3, -0.25) is 0 Å². The first-order valence-corrected chi connectivity index (χ1v) is 2.82. The van der Waals surface area contributed by atoms with Crippen LogP contribution in [0.2, 0.25) is 0 Å². The lowest BCUT2D eigenvalue weighted by atomic mass is 10.3. The fourth-order valence-corrected chi connectivity index (χ4v) is 0.411. The average molecular weight is 124 g/mol. The van der Waals surface area contributed by atoms with Crippen molar-refractivity contribution in [3.8, 4) is 0 Å². The lowest BCUT2D eigenvalue weighted by Gasteiger charge is -2.04. The van der Waals surface area contributed by atoms with E-state index in [2.05, 4.69) is 19.7 Å². The van der Waals surface area contributed by atoms with Gasteiger partial charge >= 0.3 is 0 Å². The van der Waals surface area contributed by atoms with E-state index in [0.717, 1.165) is 0 Å². The number of rotatable bonds is 5. The van der Waals surface area contributed by atoms with E-state index in [0.29, 0.717) is 6.61 Å². The maximum atomic E-state index is 5.14. The molecule has 0 radical (unpaired) electrons. The van der Waals surface area contributed by atoms with Gasteiger partial charge in [-0.1, -0.05) is 18.2 Å². The molecular formula is C8H12O. The van der Waals surface area contributed by atoms with Crippen LogP contribution < -0.4 is 0 Å². The molecular weight excluding hydrogens is 112 g/mol. The molecule has 0 N–H and O–H groups in total. The predicted octanol–water partition coefficient (Wildman–Crippen LogP) is 1.93. The normalized spacial score (nSPS) is 9.00. The van der Waals surface area contributed by atoms with Crippen LogP contribution in [0.4, 0.5) is 0 Å². The highest BCUT2D eigenvalue weighted by Crippen LogP contribution is 1.92. The third-order valence-corrected chi connectivity index (χ3v) is 0.871. The highest BCUT2D eigenvalue weighted by molar-refractivity contribution is 4.94. The van der Waals surface area contributed by atoms with Gasteiger partial charge in [0.25, 0.3) is 0 Å². The minimum atomic E-state index is -0.0389. The largest absolute Gasteiger partial charge is 0.366 e. The van der Waals surface area contributed by atoms with Crippen molar-refractivity contribution in [1.29, 1.82) is 0 Å². The van der Waals surface area contributed by atoms with Crippen LogP contribution in [-0.4, -0.2) is 12.7 Å². The summed E-state index contributed by atoms with van der Waals surface area (Å²) in [5.41, 5.74) is 0. The minimum Gasteiger partial charge on any atom is -0.366 e. The Kier molecular flexibility index (Phi) is 4.83. The van der Waals surface area contributed by atoms with Crippen molar-refractivity contribution < 1.29 is 4.74 Å². The second-order valence-electron chi connectivity index (χ2n) is 1.56. The van der Waals surface area contributed by atoms with Crippen LogP contribution in [-0.2, 0) is 4.74 Å². The molecule has 0 aromatic carbocycles. The van der Waals surface area contributed by atoms with E-state index in [1.165, 1.54) is 0 Å². The first-order chi connectivity index (χ1) is 4.35. The van der Waals surface area contributed by atoms with Gasteiger partial charge in [0, 0.05) is 0 Å². The van der Waals surface area contributed by atoms with Crippen LogP contribution in [0.5, 0.6) is 0 Å². The zero-order chi connectivity index (χ0) is 7.11. The first kappa shape index (κ1) is 8.18. The zero-order valence-electron chi connectivity index (χ0n) is 5.55. The fourth-order valence-electron chi connectivity index (χ4n) is 0.411. The molecule has 0 saturated carbocycles. The van der Waals surface area contributed by atoms with Gasteiger partial charge in [-0.05, 0) is 0 Å². The topological polar surface area (TPSA) is 9.23 Å². The van der Waals surface area contributed by atoms with Gasteiger partial charge in [-0.25, -0.2) is 0 Å². The Morgan fingerprint density at radius 1 is 1.22 bits per heavy atom. The quantitative estimate of drug-likeness (QED) is 0.509. The summed E-state index contributed by atoms with van der Waals surface area (Å²) in [7, 11) is 0. The molecule has 9 heavy (non-hydrogen) atoms. The molecule has 1 heteroatoms. The minimum absolute atomic E-state index is 0.0389. The smallest absolute Gasteiger partial charge is 0.0936 e. The Labute approximate surface area is 56.3 Å². The Morgan fingerprint density at radius 2 is 1.78 bits per heavy atom. The number of hydrogen-bond acceptors (Lipinski definition) is 1. The van der Waals surface area contributed by atoms with Crippen LogP contribution in [0, 0.1) is 0 Å². The van der Waals surface area contributed by atoms with Crippen LogP contribution in [0.15, 0.2) is 38.0 Å². The van der Waals surface area contributed by atoms with Gasteiger partial charge in [0.1, 0.15) is 0 Å². The molecule has 0 atom stereocenters. The molecule has 0 aliphatic rings. The molecule has 50 valence electrons. The van der Waals surface area contributed by atoms with E-state index in [9.17, 15) is 0 Å². The van der Waals surface area contributed by atoms with Crippen molar-refractivity contribution in [3.63, 3.8) is 0 Å². The second kappa shape index (κ2) is 5.32. The predicted molar refractivity (Wildman–Crippen MR) is 40.3 cm³/mol. The third-order valence-electron chi connectivity index (χ3n) is 0.871. The summed E-state index contributed by atoms with van der Waals surface area (Å²) in [4.78, 5) is 0. The van der Waals surface area contributed by atoms with Crippen molar-refractivity contribution >= 4 is 0 Å². The molecule has 0 spiro atoms. The van der Waals surface area contributed by atoms with Gasteiger partial charge in [-0.2, -0.15) is 0 Å². The van der Waals surface area contributed by atoms with E-state index in [1.807, 2.05) is 0 Å². The van der Waals surface area contributed by atoms with E-state index < -0.39 is 0 Å². The maximum absolute atomic E-state index is 5.14.